The molecule has 1 aromatic heterocycles. The largest absolute Gasteiger partial charge is 0.376 e. The molecule has 0 saturated carbocycles. The van der Waals surface area contributed by atoms with Crippen LogP contribution in [0.5, 0.6) is 0 Å². The van der Waals surface area contributed by atoms with E-state index < -0.39 is 0 Å². The first kappa shape index (κ1) is 14.1. The fourth-order valence-electron chi connectivity index (χ4n) is 2.18. The fraction of sp³-hybridized carbons (Fsp3) is 0.714. The van der Waals surface area contributed by atoms with Gasteiger partial charge in [0.05, 0.1) is 12.1 Å². The van der Waals surface area contributed by atoms with Crippen LogP contribution < -0.4 is 10.6 Å². The van der Waals surface area contributed by atoms with Gasteiger partial charge in [-0.2, -0.15) is 0 Å². The van der Waals surface area contributed by atoms with E-state index >= 15 is 0 Å². The van der Waals surface area contributed by atoms with E-state index in [9.17, 15) is 0 Å². The summed E-state index contributed by atoms with van der Waals surface area (Å²) in [6.45, 7) is 10.1. The van der Waals surface area contributed by atoms with Crippen molar-refractivity contribution in [3.05, 3.63) is 11.9 Å². The maximum absolute atomic E-state index is 5.57. The van der Waals surface area contributed by atoms with Gasteiger partial charge in [0.2, 0.25) is 0 Å². The molecule has 0 bridgehead atoms. The first-order valence-corrected chi connectivity index (χ1v) is 7.11. The highest BCUT2D eigenvalue weighted by Crippen LogP contribution is 2.21. The molecule has 1 aliphatic rings. The Balaban J connectivity index is 2.18. The van der Waals surface area contributed by atoms with E-state index in [1.165, 1.54) is 0 Å². The Kier molecular flexibility index (Phi) is 4.58. The zero-order valence-corrected chi connectivity index (χ0v) is 12.2. The molecule has 0 spiro atoms. The number of hydrogen-bond acceptors (Lipinski definition) is 5. The van der Waals surface area contributed by atoms with Gasteiger partial charge >= 0.3 is 0 Å². The minimum atomic E-state index is 0.236. The van der Waals surface area contributed by atoms with E-state index in [1.54, 1.807) is 0 Å². The minimum absolute atomic E-state index is 0.236. The number of nitrogens with one attached hydrogen (secondary N) is 2. The maximum Gasteiger partial charge on any atom is 0.135 e. The topological polar surface area (TPSA) is 59.1 Å². The summed E-state index contributed by atoms with van der Waals surface area (Å²) in [5.41, 5.74) is 0. The molecule has 0 amide bonds. The Morgan fingerprint density at radius 1 is 1.37 bits per heavy atom. The average molecular weight is 264 g/mol. The van der Waals surface area contributed by atoms with E-state index in [0.29, 0.717) is 12.0 Å². The van der Waals surface area contributed by atoms with Gasteiger partial charge in [-0.25, -0.2) is 9.97 Å². The van der Waals surface area contributed by atoms with Gasteiger partial charge < -0.3 is 15.4 Å². The third-order valence-electron chi connectivity index (χ3n) is 3.33. The lowest BCUT2D eigenvalue weighted by Gasteiger charge is -2.18. The molecular weight excluding hydrogens is 240 g/mol. The Labute approximate surface area is 115 Å². The van der Waals surface area contributed by atoms with E-state index in [-0.39, 0.29) is 6.10 Å². The number of rotatable bonds is 5. The molecule has 19 heavy (non-hydrogen) atoms. The monoisotopic (exact) mass is 264 g/mol. The van der Waals surface area contributed by atoms with Gasteiger partial charge in [-0.05, 0) is 20.3 Å². The van der Waals surface area contributed by atoms with Crippen LogP contribution in [0.4, 0.5) is 11.6 Å². The van der Waals surface area contributed by atoms with Crippen molar-refractivity contribution in [2.45, 2.75) is 52.2 Å². The molecule has 2 atom stereocenters. The van der Waals surface area contributed by atoms with Crippen molar-refractivity contribution >= 4 is 11.6 Å². The molecule has 2 N–H and O–H groups in total. The Hall–Kier alpha value is -1.36. The first-order valence-electron chi connectivity index (χ1n) is 7.11. The molecule has 1 saturated heterocycles. The molecule has 1 aromatic rings. The van der Waals surface area contributed by atoms with Crippen molar-refractivity contribution in [2.24, 2.45) is 0 Å². The van der Waals surface area contributed by atoms with Crippen LogP contribution in [-0.4, -0.2) is 35.3 Å². The van der Waals surface area contributed by atoms with E-state index in [0.717, 1.165) is 37.0 Å². The molecule has 0 aliphatic carbocycles. The van der Waals surface area contributed by atoms with E-state index in [1.807, 2.05) is 6.07 Å². The lowest BCUT2D eigenvalue weighted by molar-refractivity contribution is 0.121. The zero-order chi connectivity index (χ0) is 13.8. The van der Waals surface area contributed by atoms with Crippen molar-refractivity contribution in [3.63, 3.8) is 0 Å². The second kappa shape index (κ2) is 6.19. The van der Waals surface area contributed by atoms with Gasteiger partial charge in [-0.1, -0.05) is 13.8 Å². The molecule has 0 radical (unpaired) electrons. The van der Waals surface area contributed by atoms with E-state index in [4.69, 9.17) is 4.74 Å². The maximum atomic E-state index is 5.57. The summed E-state index contributed by atoms with van der Waals surface area (Å²) >= 11 is 0. The highest BCUT2D eigenvalue weighted by molar-refractivity contribution is 5.48. The summed E-state index contributed by atoms with van der Waals surface area (Å²) in [6.07, 6.45) is 1.26. The summed E-state index contributed by atoms with van der Waals surface area (Å²) in [5, 5.41) is 6.73. The molecule has 2 unspecified atom stereocenters. The van der Waals surface area contributed by atoms with Crippen molar-refractivity contribution < 1.29 is 4.74 Å². The zero-order valence-electron chi connectivity index (χ0n) is 12.2. The van der Waals surface area contributed by atoms with Gasteiger partial charge in [0, 0.05) is 25.1 Å². The van der Waals surface area contributed by atoms with Crippen molar-refractivity contribution in [2.75, 3.05) is 23.8 Å². The van der Waals surface area contributed by atoms with Gasteiger partial charge in [0.15, 0.2) is 0 Å². The van der Waals surface area contributed by atoms with Gasteiger partial charge in [-0.15, -0.1) is 0 Å². The van der Waals surface area contributed by atoms with Crippen LogP contribution in [0.3, 0.4) is 0 Å². The lowest BCUT2D eigenvalue weighted by atomic mass is 10.1. The summed E-state index contributed by atoms with van der Waals surface area (Å²) < 4.78 is 5.57. The van der Waals surface area contributed by atoms with Gasteiger partial charge in [0.1, 0.15) is 17.5 Å². The molecule has 5 nitrogen and oxygen atoms in total. The Bertz CT molecular complexity index is 422. The van der Waals surface area contributed by atoms with Crippen LogP contribution in [0, 0.1) is 0 Å². The van der Waals surface area contributed by atoms with Crippen molar-refractivity contribution in [1.82, 2.24) is 9.97 Å². The smallest absolute Gasteiger partial charge is 0.135 e. The quantitative estimate of drug-likeness (QED) is 0.856. The predicted molar refractivity (Wildman–Crippen MR) is 77.7 cm³/mol. The number of aromatic nitrogens is 2. The van der Waals surface area contributed by atoms with Crippen molar-refractivity contribution in [3.8, 4) is 0 Å². The highest BCUT2D eigenvalue weighted by atomic mass is 16.5. The third-order valence-corrected chi connectivity index (χ3v) is 3.33. The number of anilines is 2. The molecule has 2 rings (SSSR count). The highest BCUT2D eigenvalue weighted by Gasteiger charge is 2.24. The second-order valence-corrected chi connectivity index (χ2v) is 5.30. The van der Waals surface area contributed by atoms with E-state index in [2.05, 4.69) is 48.3 Å². The number of nitrogens with zero attached hydrogens (tertiary/aromatic N) is 2. The lowest BCUT2D eigenvalue weighted by Crippen LogP contribution is -2.27. The summed E-state index contributed by atoms with van der Waals surface area (Å²) in [6, 6.07) is 2.31. The van der Waals surface area contributed by atoms with Crippen LogP contribution in [-0.2, 0) is 4.74 Å². The van der Waals surface area contributed by atoms with Crippen LogP contribution in [0.2, 0.25) is 0 Å². The molecule has 106 valence electrons. The second-order valence-electron chi connectivity index (χ2n) is 5.30. The number of hydrogen-bond donors (Lipinski definition) is 2. The third kappa shape index (κ3) is 3.56. The van der Waals surface area contributed by atoms with Gasteiger partial charge in [0.25, 0.3) is 0 Å². The standard InChI is InChI=1S/C14H24N4O/c1-5-15-12-8-13(18-14(17-12)9(2)3)16-11-6-7-19-10(11)4/h8-11H,5-7H2,1-4H3,(H2,15,16,17,18). The summed E-state index contributed by atoms with van der Waals surface area (Å²) in [7, 11) is 0. The van der Waals surface area contributed by atoms with Crippen LogP contribution in [0.25, 0.3) is 0 Å². The molecule has 5 heteroatoms. The van der Waals surface area contributed by atoms with Crippen LogP contribution >= 0.6 is 0 Å². The number of ether oxygens (including phenoxy) is 1. The Morgan fingerprint density at radius 3 is 2.68 bits per heavy atom. The molecular formula is C14H24N4O. The van der Waals surface area contributed by atoms with Crippen LogP contribution in [0.1, 0.15) is 45.9 Å². The van der Waals surface area contributed by atoms with Gasteiger partial charge in [-0.3, -0.25) is 0 Å². The minimum Gasteiger partial charge on any atom is -0.376 e. The van der Waals surface area contributed by atoms with Crippen molar-refractivity contribution in [1.29, 1.82) is 0 Å². The summed E-state index contributed by atoms with van der Waals surface area (Å²) in [5.74, 6) is 2.95. The van der Waals surface area contributed by atoms with Crippen LogP contribution in [0.15, 0.2) is 6.07 Å². The molecule has 0 aromatic carbocycles. The fourth-order valence-corrected chi connectivity index (χ4v) is 2.18. The Morgan fingerprint density at radius 2 is 2.11 bits per heavy atom. The normalized spacial score (nSPS) is 22.8. The SMILES string of the molecule is CCNc1cc(NC2CCOC2C)nc(C(C)C)n1. The molecule has 1 aliphatic heterocycles. The molecule has 2 heterocycles. The summed E-state index contributed by atoms with van der Waals surface area (Å²) in [4.78, 5) is 9.12. The first-order chi connectivity index (χ1) is 9.10. The molecule has 1 fully saturated rings. The average Bonchev–Trinajstić information content (AvgIpc) is 2.75. The predicted octanol–water partition coefficient (Wildman–Crippen LogP) is 2.62.